The van der Waals surface area contributed by atoms with Gasteiger partial charge in [-0.2, -0.15) is 10.1 Å². The first-order valence-corrected chi connectivity index (χ1v) is 9.48. The van der Waals surface area contributed by atoms with Crippen molar-refractivity contribution in [2.45, 2.75) is 26.5 Å². The molecular formula is C22H22N4O3. The Bertz CT molecular complexity index is 1040. The van der Waals surface area contributed by atoms with Gasteiger partial charge in [0.05, 0.1) is 12.2 Å². The van der Waals surface area contributed by atoms with Gasteiger partial charge in [-0.3, -0.25) is 0 Å². The smallest absolute Gasteiger partial charge is 0.338 e. The topological polar surface area (TPSA) is 78.3 Å². The molecule has 4 rings (SSSR count). The molecule has 1 aliphatic rings. The van der Waals surface area contributed by atoms with Crippen molar-refractivity contribution in [3.05, 3.63) is 83.3 Å². The molecule has 1 unspecified atom stereocenters. The number of hydrogen-bond donors (Lipinski definition) is 1. The number of esters is 1. The average molecular weight is 390 g/mol. The molecule has 0 fully saturated rings. The lowest BCUT2D eigenvalue weighted by Crippen LogP contribution is -2.29. The van der Waals surface area contributed by atoms with Crippen molar-refractivity contribution >= 4 is 11.9 Å². The van der Waals surface area contributed by atoms with Gasteiger partial charge in [0.15, 0.2) is 0 Å². The maximum absolute atomic E-state index is 12.7. The molecule has 2 heterocycles. The van der Waals surface area contributed by atoms with Crippen molar-refractivity contribution in [1.29, 1.82) is 0 Å². The number of ether oxygens (including phenoxy) is 2. The minimum absolute atomic E-state index is 0.298. The largest absolute Gasteiger partial charge is 0.489 e. The average Bonchev–Trinajstić information content (AvgIpc) is 3.20. The van der Waals surface area contributed by atoms with E-state index in [0.717, 1.165) is 11.1 Å². The van der Waals surface area contributed by atoms with E-state index < -0.39 is 6.04 Å². The first-order chi connectivity index (χ1) is 14.2. The summed E-state index contributed by atoms with van der Waals surface area (Å²) in [4.78, 5) is 17.0. The van der Waals surface area contributed by atoms with E-state index in [9.17, 15) is 4.79 Å². The second kappa shape index (κ2) is 8.18. The van der Waals surface area contributed by atoms with E-state index in [-0.39, 0.29) is 5.97 Å². The summed E-state index contributed by atoms with van der Waals surface area (Å²) in [5.74, 6) is 0.919. The highest BCUT2D eigenvalue weighted by atomic mass is 16.5. The third kappa shape index (κ3) is 3.85. The van der Waals surface area contributed by atoms with Crippen LogP contribution in [0.15, 0.2) is 72.2 Å². The standard InChI is InChI=1S/C22H22N4O3/c1-3-28-21(27)19-15(2)25-22-23-14-24-26(22)20(19)17-10-7-11-18(12-17)29-13-16-8-5-4-6-9-16/h4-12,14,20H,3,13H2,1-2H3,(H,23,24,25). The number of nitrogens with zero attached hydrogens (tertiary/aromatic N) is 3. The van der Waals surface area contributed by atoms with E-state index in [0.29, 0.717) is 36.2 Å². The third-order valence-corrected chi connectivity index (χ3v) is 4.71. The van der Waals surface area contributed by atoms with E-state index >= 15 is 0 Å². The zero-order chi connectivity index (χ0) is 20.2. The minimum Gasteiger partial charge on any atom is -0.489 e. The van der Waals surface area contributed by atoms with Crippen LogP contribution in [0, 0.1) is 0 Å². The van der Waals surface area contributed by atoms with Crippen LogP contribution in [0.25, 0.3) is 0 Å². The number of hydrogen-bond acceptors (Lipinski definition) is 6. The zero-order valence-electron chi connectivity index (χ0n) is 16.3. The van der Waals surface area contributed by atoms with Gasteiger partial charge in [0, 0.05) is 5.70 Å². The SMILES string of the molecule is CCOC(=O)C1=C(C)Nc2ncnn2C1c1cccc(OCc2ccccc2)c1. The zero-order valence-corrected chi connectivity index (χ0v) is 16.3. The predicted octanol–water partition coefficient (Wildman–Crippen LogP) is 3.71. The monoisotopic (exact) mass is 390 g/mol. The van der Waals surface area contributed by atoms with Gasteiger partial charge in [0.25, 0.3) is 0 Å². The summed E-state index contributed by atoms with van der Waals surface area (Å²) in [5.41, 5.74) is 3.15. The van der Waals surface area contributed by atoms with Gasteiger partial charge in [0.2, 0.25) is 5.95 Å². The molecule has 1 N–H and O–H groups in total. The van der Waals surface area contributed by atoms with Crippen LogP contribution in [0.2, 0.25) is 0 Å². The molecule has 0 aliphatic carbocycles. The summed E-state index contributed by atoms with van der Waals surface area (Å²) in [6.07, 6.45) is 1.46. The molecule has 2 aromatic carbocycles. The number of carbonyl (C=O) groups is 1. The molecule has 3 aromatic rings. The van der Waals surface area contributed by atoms with E-state index in [4.69, 9.17) is 9.47 Å². The maximum Gasteiger partial charge on any atom is 0.338 e. The van der Waals surface area contributed by atoms with Crippen molar-refractivity contribution in [3.63, 3.8) is 0 Å². The Morgan fingerprint density at radius 2 is 2.00 bits per heavy atom. The van der Waals surface area contributed by atoms with Gasteiger partial charge in [-0.05, 0) is 37.1 Å². The summed E-state index contributed by atoms with van der Waals surface area (Å²) in [7, 11) is 0. The Morgan fingerprint density at radius 3 is 2.79 bits per heavy atom. The Labute approximate surface area is 169 Å². The maximum atomic E-state index is 12.7. The molecule has 0 spiro atoms. The van der Waals surface area contributed by atoms with Crippen LogP contribution in [-0.2, 0) is 16.1 Å². The lowest BCUT2D eigenvalue weighted by atomic mass is 9.95. The second-order valence-electron chi connectivity index (χ2n) is 6.66. The Morgan fingerprint density at radius 1 is 1.17 bits per heavy atom. The van der Waals surface area contributed by atoms with E-state index in [1.54, 1.807) is 11.6 Å². The Kier molecular flexibility index (Phi) is 5.29. The highest BCUT2D eigenvalue weighted by Crippen LogP contribution is 2.36. The molecular weight excluding hydrogens is 368 g/mol. The molecule has 7 heteroatoms. The molecule has 1 aromatic heterocycles. The first kappa shape index (κ1) is 18.7. The van der Waals surface area contributed by atoms with Gasteiger partial charge < -0.3 is 14.8 Å². The quantitative estimate of drug-likeness (QED) is 0.647. The van der Waals surface area contributed by atoms with Crippen LogP contribution in [0.5, 0.6) is 5.75 Å². The number of rotatable bonds is 6. The lowest BCUT2D eigenvalue weighted by molar-refractivity contribution is -0.139. The van der Waals surface area contributed by atoms with Crippen molar-refractivity contribution in [2.75, 3.05) is 11.9 Å². The summed E-state index contributed by atoms with van der Waals surface area (Å²) in [6.45, 7) is 4.39. The second-order valence-corrected chi connectivity index (χ2v) is 6.66. The number of anilines is 1. The van der Waals surface area contributed by atoms with Crippen LogP contribution < -0.4 is 10.1 Å². The van der Waals surface area contributed by atoms with Crippen LogP contribution in [0.4, 0.5) is 5.95 Å². The predicted molar refractivity (Wildman–Crippen MR) is 108 cm³/mol. The number of nitrogens with one attached hydrogen (secondary N) is 1. The van der Waals surface area contributed by atoms with Gasteiger partial charge in [-0.25, -0.2) is 9.48 Å². The normalized spacial score (nSPS) is 15.4. The molecule has 148 valence electrons. The molecule has 7 nitrogen and oxygen atoms in total. The summed E-state index contributed by atoms with van der Waals surface area (Å²) in [5, 5.41) is 7.45. The van der Waals surface area contributed by atoms with E-state index in [1.165, 1.54) is 6.33 Å². The van der Waals surface area contributed by atoms with E-state index in [1.807, 2.05) is 61.5 Å². The Balaban J connectivity index is 1.67. The summed E-state index contributed by atoms with van der Waals surface area (Å²) in [6, 6.07) is 17.2. The molecule has 0 saturated carbocycles. The number of fused-ring (bicyclic) bond motifs is 1. The third-order valence-electron chi connectivity index (χ3n) is 4.71. The highest BCUT2D eigenvalue weighted by molar-refractivity contribution is 5.92. The van der Waals surface area contributed by atoms with Crippen molar-refractivity contribution < 1.29 is 14.3 Å². The fourth-order valence-corrected chi connectivity index (χ4v) is 3.39. The van der Waals surface area contributed by atoms with Gasteiger partial charge >= 0.3 is 5.97 Å². The van der Waals surface area contributed by atoms with Crippen molar-refractivity contribution in [3.8, 4) is 5.75 Å². The molecule has 29 heavy (non-hydrogen) atoms. The minimum atomic E-state index is -0.451. The van der Waals surface area contributed by atoms with Gasteiger partial charge in [-0.15, -0.1) is 0 Å². The number of benzene rings is 2. The number of allylic oxidation sites excluding steroid dienone is 1. The fourth-order valence-electron chi connectivity index (χ4n) is 3.39. The van der Waals surface area contributed by atoms with Gasteiger partial charge in [-0.1, -0.05) is 42.5 Å². The molecule has 0 saturated heterocycles. The van der Waals surface area contributed by atoms with Gasteiger partial charge in [0.1, 0.15) is 24.7 Å². The van der Waals surface area contributed by atoms with Crippen LogP contribution in [-0.4, -0.2) is 27.3 Å². The van der Waals surface area contributed by atoms with Crippen molar-refractivity contribution in [2.24, 2.45) is 0 Å². The Hall–Kier alpha value is -3.61. The molecule has 0 amide bonds. The summed E-state index contributed by atoms with van der Waals surface area (Å²) >= 11 is 0. The number of aromatic nitrogens is 3. The molecule has 1 atom stereocenters. The van der Waals surface area contributed by atoms with Crippen LogP contribution in [0.3, 0.4) is 0 Å². The molecule has 0 radical (unpaired) electrons. The van der Waals surface area contributed by atoms with E-state index in [2.05, 4.69) is 15.4 Å². The fraction of sp³-hybridized carbons (Fsp3) is 0.227. The van der Waals surface area contributed by atoms with Crippen LogP contribution in [0.1, 0.15) is 31.0 Å². The molecule has 1 aliphatic heterocycles. The lowest BCUT2D eigenvalue weighted by Gasteiger charge is -2.28. The summed E-state index contributed by atoms with van der Waals surface area (Å²) < 4.78 is 13.0. The molecule has 0 bridgehead atoms. The highest BCUT2D eigenvalue weighted by Gasteiger charge is 2.34. The number of carbonyl (C=O) groups excluding carboxylic acids is 1. The first-order valence-electron chi connectivity index (χ1n) is 9.48. The van der Waals surface area contributed by atoms with Crippen LogP contribution >= 0.6 is 0 Å². The van der Waals surface area contributed by atoms with Crippen molar-refractivity contribution in [1.82, 2.24) is 14.8 Å².